The number of aromatic amines is 1. The Bertz CT molecular complexity index is 561. The molecule has 0 bridgehead atoms. The Morgan fingerprint density at radius 3 is 2.56 bits per heavy atom. The van der Waals surface area contributed by atoms with Crippen LogP contribution in [0.1, 0.15) is 31.0 Å². The zero-order chi connectivity index (χ0) is 13.3. The number of H-pyrrole nitrogens is 1. The van der Waals surface area contributed by atoms with Gasteiger partial charge in [0.25, 0.3) is 0 Å². The number of nitrogens with one attached hydrogen (secondary N) is 1. The van der Waals surface area contributed by atoms with Crippen LogP contribution >= 0.6 is 15.9 Å². The normalized spacial score (nSPS) is 11.0. The van der Waals surface area contributed by atoms with Crippen molar-refractivity contribution in [3.05, 3.63) is 33.9 Å². The number of hydrogen-bond donors (Lipinski definition) is 1. The van der Waals surface area contributed by atoms with Crippen LogP contribution in [0.4, 0.5) is 0 Å². The second kappa shape index (κ2) is 5.14. The summed E-state index contributed by atoms with van der Waals surface area (Å²) in [5.74, 6) is 1.32. The van der Waals surface area contributed by atoms with Gasteiger partial charge in [-0.25, -0.2) is 0 Å². The van der Waals surface area contributed by atoms with E-state index in [9.17, 15) is 0 Å². The Balaban J connectivity index is 2.60. The molecule has 0 saturated carbocycles. The summed E-state index contributed by atoms with van der Waals surface area (Å²) in [5, 5.41) is 7.33. The van der Waals surface area contributed by atoms with E-state index in [1.54, 1.807) is 7.11 Å². The van der Waals surface area contributed by atoms with Crippen molar-refractivity contribution in [2.45, 2.75) is 26.7 Å². The summed E-state index contributed by atoms with van der Waals surface area (Å²) in [7, 11) is 1.68. The molecule has 1 N–H and O–H groups in total. The van der Waals surface area contributed by atoms with E-state index >= 15 is 0 Å². The molecule has 1 heterocycles. The van der Waals surface area contributed by atoms with Crippen LogP contribution in [-0.4, -0.2) is 17.3 Å². The molecule has 1 aromatic heterocycles. The quantitative estimate of drug-likeness (QED) is 0.919. The number of aromatic nitrogens is 2. The van der Waals surface area contributed by atoms with Crippen LogP contribution in [0.3, 0.4) is 0 Å². The summed E-state index contributed by atoms with van der Waals surface area (Å²) in [6.45, 7) is 6.34. The highest BCUT2D eigenvalue weighted by Crippen LogP contribution is 2.36. The summed E-state index contributed by atoms with van der Waals surface area (Å²) in [6.07, 6.45) is 0. The third kappa shape index (κ3) is 2.29. The van der Waals surface area contributed by atoms with Crippen molar-refractivity contribution < 1.29 is 4.74 Å². The highest BCUT2D eigenvalue weighted by atomic mass is 79.9. The van der Waals surface area contributed by atoms with Gasteiger partial charge in [-0.2, -0.15) is 5.10 Å². The number of aryl methyl sites for hydroxylation is 1. The topological polar surface area (TPSA) is 37.9 Å². The maximum absolute atomic E-state index is 5.42. The molecular weight excluding hydrogens is 292 g/mol. The molecule has 0 aliphatic heterocycles. The average molecular weight is 309 g/mol. The lowest BCUT2D eigenvalue weighted by Gasteiger charge is -2.11. The van der Waals surface area contributed by atoms with E-state index in [-0.39, 0.29) is 0 Å². The van der Waals surface area contributed by atoms with Gasteiger partial charge in [0.1, 0.15) is 11.4 Å². The maximum atomic E-state index is 5.42. The molecule has 0 unspecified atom stereocenters. The van der Waals surface area contributed by atoms with Crippen molar-refractivity contribution in [1.82, 2.24) is 10.2 Å². The van der Waals surface area contributed by atoms with Crippen molar-refractivity contribution in [2.24, 2.45) is 0 Å². The van der Waals surface area contributed by atoms with Gasteiger partial charge in [-0.3, -0.25) is 5.10 Å². The Kier molecular flexibility index (Phi) is 3.76. The first kappa shape index (κ1) is 13.1. The van der Waals surface area contributed by atoms with Crippen LogP contribution in [0.5, 0.6) is 5.75 Å². The molecule has 0 aliphatic carbocycles. The molecular formula is C14H17BrN2O. The molecule has 0 saturated heterocycles. The Labute approximate surface area is 116 Å². The minimum Gasteiger partial charge on any atom is -0.496 e. The van der Waals surface area contributed by atoms with Gasteiger partial charge in [-0.1, -0.05) is 19.9 Å². The van der Waals surface area contributed by atoms with Crippen molar-refractivity contribution >= 4 is 15.9 Å². The number of hydrogen-bond acceptors (Lipinski definition) is 2. The van der Waals surface area contributed by atoms with E-state index in [0.29, 0.717) is 5.92 Å². The maximum Gasteiger partial charge on any atom is 0.128 e. The first-order valence-electron chi connectivity index (χ1n) is 5.93. The van der Waals surface area contributed by atoms with Crippen molar-refractivity contribution in [2.75, 3.05) is 7.11 Å². The second-order valence-corrected chi connectivity index (χ2v) is 5.42. The molecule has 4 heteroatoms. The van der Waals surface area contributed by atoms with Crippen LogP contribution in [0.15, 0.2) is 22.7 Å². The number of rotatable bonds is 3. The van der Waals surface area contributed by atoms with E-state index in [0.717, 1.165) is 27.2 Å². The van der Waals surface area contributed by atoms with Crippen LogP contribution in [-0.2, 0) is 0 Å². The predicted molar refractivity (Wildman–Crippen MR) is 77.1 cm³/mol. The third-order valence-corrected chi connectivity index (χ3v) is 3.99. The highest BCUT2D eigenvalue weighted by Gasteiger charge is 2.15. The first-order valence-corrected chi connectivity index (χ1v) is 6.72. The van der Waals surface area contributed by atoms with Crippen molar-refractivity contribution in [3.8, 4) is 17.0 Å². The van der Waals surface area contributed by atoms with Gasteiger partial charge in [0.05, 0.1) is 11.6 Å². The molecule has 18 heavy (non-hydrogen) atoms. The molecule has 0 radical (unpaired) electrons. The second-order valence-electron chi connectivity index (χ2n) is 4.63. The van der Waals surface area contributed by atoms with E-state index < -0.39 is 0 Å². The summed E-state index contributed by atoms with van der Waals surface area (Å²) >= 11 is 3.56. The van der Waals surface area contributed by atoms with Crippen LogP contribution in [0, 0.1) is 6.92 Å². The Morgan fingerprint density at radius 2 is 2.06 bits per heavy atom. The number of halogens is 1. The fraction of sp³-hybridized carbons (Fsp3) is 0.357. The van der Waals surface area contributed by atoms with E-state index in [4.69, 9.17) is 4.74 Å². The first-order chi connectivity index (χ1) is 8.54. The zero-order valence-electron chi connectivity index (χ0n) is 11.0. The molecule has 0 atom stereocenters. The minimum atomic E-state index is 0.480. The molecule has 3 nitrogen and oxygen atoms in total. The standard InChI is InChI=1S/C14H17BrN2O/c1-8(2)10-5-6-12(18-4)11(7-10)14-13(15)9(3)16-17-14/h5-8H,1-4H3,(H,16,17). The van der Waals surface area contributed by atoms with Gasteiger partial charge < -0.3 is 4.74 Å². The smallest absolute Gasteiger partial charge is 0.128 e. The highest BCUT2D eigenvalue weighted by molar-refractivity contribution is 9.10. The molecule has 2 aromatic rings. The number of nitrogens with zero attached hydrogens (tertiary/aromatic N) is 1. The lowest BCUT2D eigenvalue weighted by atomic mass is 9.99. The monoisotopic (exact) mass is 308 g/mol. The lowest BCUT2D eigenvalue weighted by molar-refractivity contribution is 0.416. The lowest BCUT2D eigenvalue weighted by Crippen LogP contribution is -1.93. The fourth-order valence-corrected chi connectivity index (χ4v) is 2.25. The fourth-order valence-electron chi connectivity index (χ4n) is 1.86. The number of methoxy groups -OCH3 is 1. The summed E-state index contributed by atoms with van der Waals surface area (Å²) < 4.78 is 6.41. The average Bonchev–Trinajstić information content (AvgIpc) is 2.69. The third-order valence-electron chi connectivity index (χ3n) is 3.02. The van der Waals surface area contributed by atoms with Crippen LogP contribution in [0.2, 0.25) is 0 Å². The molecule has 1 aromatic carbocycles. The van der Waals surface area contributed by atoms with Gasteiger partial charge in [-0.15, -0.1) is 0 Å². The molecule has 0 spiro atoms. The van der Waals surface area contributed by atoms with Crippen molar-refractivity contribution in [1.29, 1.82) is 0 Å². The van der Waals surface area contributed by atoms with Gasteiger partial charge in [0, 0.05) is 11.3 Å². The minimum absolute atomic E-state index is 0.480. The van der Waals surface area contributed by atoms with E-state index in [2.05, 4.69) is 52.1 Å². The number of benzene rings is 1. The summed E-state index contributed by atoms with van der Waals surface area (Å²) in [4.78, 5) is 0. The van der Waals surface area contributed by atoms with E-state index in [1.165, 1.54) is 5.56 Å². The molecule has 2 rings (SSSR count). The van der Waals surface area contributed by atoms with Crippen LogP contribution < -0.4 is 4.74 Å². The molecule has 0 fully saturated rings. The van der Waals surface area contributed by atoms with Gasteiger partial charge in [-0.05, 0) is 46.5 Å². The summed E-state index contributed by atoms with van der Waals surface area (Å²) in [6, 6.07) is 6.24. The molecule has 0 amide bonds. The van der Waals surface area contributed by atoms with Gasteiger partial charge >= 0.3 is 0 Å². The van der Waals surface area contributed by atoms with Gasteiger partial charge in [0.15, 0.2) is 0 Å². The predicted octanol–water partition coefficient (Wildman–Crippen LogP) is 4.28. The Morgan fingerprint density at radius 1 is 1.33 bits per heavy atom. The SMILES string of the molecule is COc1ccc(C(C)C)cc1-c1n[nH]c(C)c1Br. The molecule has 0 aliphatic rings. The van der Waals surface area contributed by atoms with Crippen molar-refractivity contribution in [3.63, 3.8) is 0 Å². The van der Waals surface area contributed by atoms with E-state index in [1.807, 2.05) is 13.0 Å². The Hall–Kier alpha value is -1.29. The van der Waals surface area contributed by atoms with Crippen LogP contribution in [0.25, 0.3) is 11.3 Å². The largest absolute Gasteiger partial charge is 0.496 e. The zero-order valence-corrected chi connectivity index (χ0v) is 12.6. The summed E-state index contributed by atoms with van der Waals surface area (Å²) in [5.41, 5.74) is 4.20. The molecule has 96 valence electrons. The van der Waals surface area contributed by atoms with Gasteiger partial charge in [0.2, 0.25) is 0 Å². The number of ether oxygens (including phenoxy) is 1.